The number of hydrogen-bond acceptors (Lipinski definition) is 1. The van der Waals surface area contributed by atoms with Gasteiger partial charge in [-0.05, 0) is 0 Å². The van der Waals surface area contributed by atoms with Crippen molar-refractivity contribution in [3.05, 3.63) is 12.7 Å². The third-order valence-electron chi connectivity index (χ3n) is 0.194. The maximum atomic E-state index is 3.97. The van der Waals surface area contributed by atoms with Crippen molar-refractivity contribution in [2.24, 2.45) is 0 Å². The van der Waals surface area contributed by atoms with Crippen LogP contribution in [0.5, 0.6) is 0 Å². The minimum Gasteiger partial charge on any atom is -0.161 e. The van der Waals surface area contributed by atoms with E-state index in [2.05, 4.69) is 41.8 Å². The van der Waals surface area contributed by atoms with E-state index in [9.17, 15) is 0 Å². The summed E-state index contributed by atoms with van der Waals surface area (Å²) in [7, 11) is 0. The van der Waals surface area contributed by atoms with Gasteiger partial charge in [0.25, 0.3) is 0 Å². The summed E-state index contributed by atoms with van der Waals surface area (Å²) in [4.78, 5) is 0. The quantitative estimate of drug-likeness (QED) is 0.284. The first-order valence-electron chi connectivity index (χ1n) is 1.22. The second-order valence-corrected chi connectivity index (χ2v) is 3.49. The van der Waals surface area contributed by atoms with Crippen molar-refractivity contribution < 1.29 is 0 Å². The van der Waals surface area contributed by atoms with E-state index in [0.717, 1.165) is 0 Å². The minimum absolute atomic E-state index is 0.313. The van der Waals surface area contributed by atoms with Gasteiger partial charge in [-0.2, -0.15) is 12.6 Å². The van der Waals surface area contributed by atoms with Crippen molar-refractivity contribution in [2.75, 3.05) is 0 Å². The van der Waals surface area contributed by atoms with Crippen LogP contribution in [-0.4, -0.2) is 3.26 Å². The first-order valence-corrected chi connectivity index (χ1v) is 2.98. The molecule has 1 atom stereocenters. The number of hydrogen-bond donors (Lipinski definition) is 1. The van der Waals surface area contributed by atoms with Crippen molar-refractivity contribution in [1.29, 1.82) is 0 Å². The average molecular weight is 200 g/mol. The van der Waals surface area contributed by atoms with E-state index in [1.165, 1.54) is 0 Å². The fraction of sp³-hybridized carbons (Fsp3) is 0.333. The fourth-order valence-corrected chi connectivity index (χ4v) is 0. The lowest BCUT2D eigenvalue weighted by Gasteiger charge is -1.80. The van der Waals surface area contributed by atoms with Crippen LogP contribution in [0.1, 0.15) is 0 Å². The Balaban J connectivity index is 2.83. The predicted octanol–water partition coefficient (Wildman–Crippen LogP) is 1.86. The normalized spacial score (nSPS) is 14.0. The average Bonchev–Trinajstić information content (AvgIpc) is 1.38. The van der Waals surface area contributed by atoms with Gasteiger partial charge in [0, 0.05) is 0 Å². The molecule has 0 aliphatic rings. The standard InChI is InChI=1S/C3H5IS/c1-2-3(4)5/h2-3,5H,1H2. The Bertz CT molecular complexity index is 33.9. The molecular formula is C3H5IS. The van der Waals surface area contributed by atoms with Gasteiger partial charge in [0.2, 0.25) is 0 Å². The zero-order valence-corrected chi connectivity index (χ0v) is 5.74. The highest BCUT2D eigenvalue weighted by atomic mass is 127. The first kappa shape index (κ1) is 5.82. The second kappa shape index (κ2) is 3.03. The van der Waals surface area contributed by atoms with Crippen LogP contribution in [0.25, 0.3) is 0 Å². The summed E-state index contributed by atoms with van der Waals surface area (Å²) in [6.45, 7) is 3.48. The van der Waals surface area contributed by atoms with Gasteiger partial charge in [0.1, 0.15) is 0 Å². The Labute approximate surface area is 51.2 Å². The molecule has 5 heavy (non-hydrogen) atoms. The molecule has 0 rings (SSSR count). The molecule has 0 aromatic carbocycles. The van der Waals surface area contributed by atoms with Crippen LogP contribution < -0.4 is 0 Å². The molecule has 0 spiro atoms. The van der Waals surface area contributed by atoms with Crippen LogP contribution >= 0.6 is 35.2 Å². The SMILES string of the molecule is C=CC(S)I. The maximum Gasteiger partial charge on any atom is 0.0711 e. The molecule has 0 N–H and O–H groups in total. The van der Waals surface area contributed by atoms with Crippen LogP contribution in [0.3, 0.4) is 0 Å². The molecule has 0 nitrogen and oxygen atoms in total. The predicted molar refractivity (Wildman–Crippen MR) is 37.0 cm³/mol. The summed E-state index contributed by atoms with van der Waals surface area (Å²) in [5.74, 6) is 0. The molecule has 30 valence electrons. The largest absolute Gasteiger partial charge is 0.161 e. The Kier molecular flexibility index (Phi) is 3.52. The molecule has 0 aromatic heterocycles. The van der Waals surface area contributed by atoms with Crippen molar-refractivity contribution in [1.82, 2.24) is 0 Å². The van der Waals surface area contributed by atoms with Gasteiger partial charge in [-0.15, -0.1) is 6.58 Å². The van der Waals surface area contributed by atoms with E-state index in [-0.39, 0.29) is 0 Å². The fourth-order valence-electron chi connectivity index (χ4n) is 0. The zero-order chi connectivity index (χ0) is 4.28. The number of halogens is 1. The van der Waals surface area contributed by atoms with Crippen molar-refractivity contribution >= 4 is 35.2 Å². The summed E-state index contributed by atoms with van der Waals surface area (Å²) >= 11 is 6.12. The van der Waals surface area contributed by atoms with Gasteiger partial charge < -0.3 is 0 Å². The molecule has 0 aliphatic heterocycles. The van der Waals surface area contributed by atoms with E-state index in [1.54, 1.807) is 6.08 Å². The van der Waals surface area contributed by atoms with E-state index in [1.807, 2.05) is 0 Å². The Morgan fingerprint density at radius 3 is 2.20 bits per heavy atom. The Morgan fingerprint density at radius 2 is 2.20 bits per heavy atom. The summed E-state index contributed by atoms with van der Waals surface area (Å²) in [5.41, 5.74) is 0. The molecule has 0 fully saturated rings. The topological polar surface area (TPSA) is 0 Å². The molecular weight excluding hydrogens is 195 g/mol. The zero-order valence-electron chi connectivity index (χ0n) is 2.69. The van der Waals surface area contributed by atoms with E-state index in [4.69, 9.17) is 0 Å². The van der Waals surface area contributed by atoms with Crippen LogP contribution in [0.4, 0.5) is 0 Å². The molecule has 0 aromatic rings. The van der Waals surface area contributed by atoms with Gasteiger partial charge in [-0.1, -0.05) is 28.7 Å². The highest BCUT2D eigenvalue weighted by molar-refractivity contribution is 14.1. The minimum atomic E-state index is 0.313. The Morgan fingerprint density at radius 1 is 2.00 bits per heavy atom. The van der Waals surface area contributed by atoms with Crippen molar-refractivity contribution in [2.45, 2.75) is 3.26 Å². The lowest BCUT2D eigenvalue weighted by molar-refractivity contribution is 1.78. The smallest absolute Gasteiger partial charge is 0.0711 e. The highest BCUT2D eigenvalue weighted by Crippen LogP contribution is 2.03. The summed E-state index contributed by atoms with van der Waals surface area (Å²) in [6, 6.07) is 0. The molecule has 0 amide bonds. The molecule has 0 heterocycles. The van der Waals surface area contributed by atoms with Gasteiger partial charge in [0.15, 0.2) is 0 Å². The van der Waals surface area contributed by atoms with Crippen LogP contribution in [0, 0.1) is 0 Å². The third kappa shape index (κ3) is 4.82. The second-order valence-electron chi connectivity index (χ2n) is 0.608. The van der Waals surface area contributed by atoms with E-state index in [0.29, 0.717) is 3.26 Å². The summed E-state index contributed by atoms with van der Waals surface area (Å²) in [5, 5.41) is 0. The molecule has 0 saturated carbocycles. The van der Waals surface area contributed by atoms with Gasteiger partial charge >= 0.3 is 0 Å². The van der Waals surface area contributed by atoms with Gasteiger partial charge in [-0.3, -0.25) is 0 Å². The number of alkyl halides is 1. The highest BCUT2D eigenvalue weighted by Gasteiger charge is 1.77. The lowest BCUT2D eigenvalue weighted by Crippen LogP contribution is -1.67. The van der Waals surface area contributed by atoms with E-state index >= 15 is 0 Å². The molecule has 0 radical (unpaired) electrons. The lowest BCUT2D eigenvalue weighted by atomic mass is 10.8. The van der Waals surface area contributed by atoms with Gasteiger partial charge in [0.05, 0.1) is 3.26 Å². The van der Waals surface area contributed by atoms with Crippen molar-refractivity contribution in [3.8, 4) is 0 Å². The van der Waals surface area contributed by atoms with Gasteiger partial charge in [-0.25, -0.2) is 0 Å². The maximum absolute atomic E-state index is 3.97. The number of rotatable bonds is 1. The Hall–Kier alpha value is 0.820. The van der Waals surface area contributed by atoms with Crippen LogP contribution in [0.2, 0.25) is 0 Å². The molecule has 0 aliphatic carbocycles. The van der Waals surface area contributed by atoms with Crippen molar-refractivity contribution in [3.63, 3.8) is 0 Å². The molecule has 2 heteroatoms. The van der Waals surface area contributed by atoms with E-state index < -0.39 is 0 Å². The molecule has 0 bridgehead atoms. The molecule has 1 unspecified atom stereocenters. The van der Waals surface area contributed by atoms with Crippen LogP contribution in [-0.2, 0) is 0 Å². The third-order valence-corrected chi connectivity index (χ3v) is 0.914. The summed E-state index contributed by atoms with van der Waals surface area (Å²) < 4.78 is 0.313. The monoisotopic (exact) mass is 200 g/mol. The first-order chi connectivity index (χ1) is 2.27. The number of thiol groups is 1. The van der Waals surface area contributed by atoms with Crippen LogP contribution in [0.15, 0.2) is 12.7 Å². The molecule has 0 saturated heterocycles. The summed E-state index contributed by atoms with van der Waals surface area (Å²) in [6.07, 6.45) is 1.77.